The molecule has 18 heavy (non-hydrogen) atoms. The predicted octanol–water partition coefficient (Wildman–Crippen LogP) is 1.59. The van der Waals surface area contributed by atoms with Crippen molar-refractivity contribution in [2.45, 2.75) is 52.2 Å². The number of rotatable bonds is 7. The highest BCUT2D eigenvalue weighted by atomic mass is 16.5. The van der Waals surface area contributed by atoms with Crippen molar-refractivity contribution in [3.05, 3.63) is 11.9 Å². The Kier molecular flexibility index (Phi) is 5.13. The normalized spacial score (nSPS) is 19.8. The second-order valence-electron chi connectivity index (χ2n) is 5.06. The minimum absolute atomic E-state index is 0.582. The van der Waals surface area contributed by atoms with Crippen LogP contribution in [-0.4, -0.2) is 34.2 Å². The zero-order valence-corrected chi connectivity index (χ0v) is 11.4. The van der Waals surface area contributed by atoms with E-state index in [0.717, 1.165) is 51.3 Å². The van der Waals surface area contributed by atoms with Crippen molar-refractivity contribution >= 4 is 0 Å². The maximum Gasteiger partial charge on any atom is 0.0964 e. The predicted molar refractivity (Wildman–Crippen MR) is 70.2 cm³/mol. The largest absolute Gasteiger partial charge is 0.381 e. The molecule has 5 nitrogen and oxygen atoms in total. The van der Waals surface area contributed by atoms with Gasteiger partial charge >= 0.3 is 0 Å². The van der Waals surface area contributed by atoms with Gasteiger partial charge in [0, 0.05) is 37.9 Å². The second-order valence-corrected chi connectivity index (χ2v) is 5.06. The van der Waals surface area contributed by atoms with E-state index >= 15 is 0 Å². The highest BCUT2D eigenvalue weighted by Gasteiger charge is 2.16. The van der Waals surface area contributed by atoms with E-state index < -0.39 is 0 Å². The molecule has 0 aliphatic carbocycles. The summed E-state index contributed by atoms with van der Waals surface area (Å²) in [5, 5.41) is 11.9. The van der Waals surface area contributed by atoms with E-state index in [4.69, 9.17) is 4.74 Å². The van der Waals surface area contributed by atoms with Gasteiger partial charge in [-0.2, -0.15) is 0 Å². The van der Waals surface area contributed by atoms with Crippen molar-refractivity contribution in [2.24, 2.45) is 5.92 Å². The van der Waals surface area contributed by atoms with Gasteiger partial charge < -0.3 is 10.1 Å². The van der Waals surface area contributed by atoms with E-state index in [1.807, 2.05) is 10.9 Å². The van der Waals surface area contributed by atoms with Crippen LogP contribution in [-0.2, 0) is 17.8 Å². The van der Waals surface area contributed by atoms with Gasteiger partial charge in [0.05, 0.1) is 12.3 Å². The van der Waals surface area contributed by atoms with Crippen molar-refractivity contribution in [3.63, 3.8) is 0 Å². The molecule has 102 valence electrons. The average molecular weight is 252 g/mol. The molecule has 0 bridgehead atoms. The lowest BCUT2D eigenvalue weighted by Gasteiger charge is -2.12. The Morgan fingerprint density at radius 3 is 3.00 bits per heavy atom. The first kappa shape index (κ1) is 13.5. The molecule has 1 aromatic rings. The van der Waals surface area contributed by atoms with Crippen LogP contribution in [0.4, 0.5) is 0 Å². The van der Waals surface area contributed by atoms with Crippen LogP contribution < -0.4 is 5.32 Å². The van der Waals surface area contributed by atoms with Crippen LogP contribution in [0.15, 0.2) is 6.20 Å². The lowest BCUT2D eigenvalue weighted by molar-refractivity contribution is 0.181. The van der Waals surface area contributed by atoms with E-state index in [2.05, 4.69) is 29.5 Å². The summed E-state index contributed by atoms with van der Waals surface area (Å²) in [6, 6.07) is 0.582. The van der Waals surface area contributed by atoms with E-state index in [-0.39, 0.29) is 0 Å². The molecular formula is C13H24N4O. The molecule has 0 unspecified atom stereocenters. The molecule has 0 radical (unpaired) electrons. The van der Waals surface area contributed by atoms with Gasteiger partial charge in [-0.25, -0.2) is 0 Å². The van der Waals surface area contributed by atoms with Gasteiger partial charge in [-0.3, -0.25) is 4.68 Å². The van der Waals surface area contributed by atoms with Crippen LogP contribution in [0, 0.1) is 5.92 Å². The van der Waals surface area contributed by atoms with Crippen LogP contribution in [0.1, 0.15) is 38.8 Å². The summed E-state index contributed by atoms with van der Waals surface area (Å²) in [7, 11) is 0. The fourth-order valence-corrected chi connectivity index (χ4v) is 2.33. The van der Waals surface area contributed by atoms with Crippen molar-refractivity contribution in [1.29, 1.82) is 0 Å². The van der Waals surface area contributed by atoms with Crippen LogP contribution >= 0.6 is 0 Å². The van der Waals surface area contributed by atoms with Gasteiger partial charge in [0.2, 0.25) is 0 Å². The summed E-state index contributed by atoms with van der Waals surface area (Å²) in [6.45, 7) is 7.91. The molecule has 1 fully saturated rings. The highest BCUT2D eigenvalue weighted by molar-refractivity contribution is 4.92. The summed E-state index contributed by atoms with van der Waals surface area (Å²) < 4.78 is 7.32. The fraction of sp³-hybridized carbons (Fsp3) is 0.846. The van der Waals surface area contributed by atoms with E-state index in [1.54, 1.807) is 0 Å². The van der Waals surface area contributed by atoms with Crippen molar-refractivity contribution in [1.82, 2.24) is 20.3 Å². The first-order valence-corrected chi connectivity index (χ1v) is 7.02. The van der Waals surface area contributed by atoms with Gasteiger partial charge in [-0.15, -0.1) is 5.10 Å². The monoisotopic (exact) mass is 252 g/mol. The molecule has 1 saturated heterocycles. The number of nitrogens with zero attached hydrogens (tertiary/aromatic N) is 3. The third kappa shape index (κ3) is 3.78. The zero-order chi connectivity index (χ0) is 12.8. The van der Waals surface area contributed by atoms with E-state index in [0.29, 0.717) is 12.0 Å². The molecule has 1 atom stereocenters. The smallest absolute Gasteiger partial charge is 0.0964 e. The molecule has 0 spiro atoms. The third-order valence-corrected chi connectivity index (χ3v) is 3.61. The van der Waals surface area contributed by atoms with Crippen molar-refractivity contribution < 1.29 is 4.74 Å². The Balaban J connectivity index is 1.78. The molecule has 0 saturated carbocycles. The maximum atomic E-state index is 5.37. The first-order valence-electron chi connectivity index (χ1n) is 7.02. The molecule has 0 amide bonds. The van der Waals surface area contributed by atoms with Gasteiger partial charge in [0.1, 0.15) is 0 Å². The van der Waals surface area contributed by atoms with Gasteiger partial charge in [0.15, 0.2) is 0 Å². The highest BCUT2D eigenvalue weighted by Crippen LogP contribution is 2.14. The fourth-order valence-electron chi connectivity index (χ4n) is 2.33. The van der Waals surface area contributed by atoms with E-state index in [9.17, 15) is 0 Å². The number of hydrogen-bond acceptors (Lipinski definition) is 4. The zero-order valence-electron chi connectivity index (χ0n) is 11.4. The SMILES string of the molecule is CCC(CC)NCc1cn(C[C@H]2CCOC2)nn1. The summed E-state index contributed by atoms with van der Waals surface area (Å²) >= 11 is 0. The maximum absolute atomic E-state index is 5.37. The lowest BCUT2D eigenvalue weighted by atomic mass is 10.1. The molecule has 0 aromatic carbocycles. The lowest BCUT2D eigenvalue weighted by Crippen LogP contribution is -2.27. The molecule has 1 aliphatic rings. The minimum atomic E-state index is 0.582. The van der Waals surface area contributed by atoms with Gasteiger partial charge in [-0.1, -0.05) is 19.1 Å². The van der Waals surface area contributed by atoms with Crippen molar-refractivity contribution in [2.75, 3.05) is 13.2 Å². The molecule has 1 aromatic heterocycles. The van der Waals surface area contributed by atoms with Gasteiger partial charge in [0.25, 0.3) is 0 Å². The number of nitrogens with one attached hydrogen (secondary N) is 1. The Bertz CT molecular complexity index is 343. The van der Waals surface area contributed by atoms with Gasteiger partial charge in [-0.05, 0) is 19.3 Å². The van der Waals surface area contributed by atoms with Crippen LogP contribution in [0.2, 0.25) is 0 Å². The standard InChI is InChI=1S/C13H24N4O/c1-3-12(4-2)14-7-13-9-17(16-15-13)8-11-5-6-18-10-11/h9,11-12,14H,3-8,10H2,1-2H3/t11-/m1/s1. The topological polar surface area (TPSA) is 52.0 Å². The average Bonchev–Trinajstić information content (AvgIpc) is 3.03. The third-order valence-electron chi connectivity index (χ3n) is 3.61. The Hall–Kier alpha value is -0.940. The van der Waals surface area contributed by atoms with Crippen LogP contribution in [0.5, 0.6) is 0 Å². The number of hydrogen-bond donors (Lipinski definition) is 1. The molecule has 2 rings (SSSR count). The van der Waals surface area contributed by atoms with Crippen molar-refractivity contribution in [3.8, 4) is 0 Å². The van der Waals surface area contributed by atoms with Crippen LogP contribution in [0.3, 0.4) is 0 Å². The molecule has 2 heterocycles. The molecule has 1 N–H and O–H groups in total. The summed E-state index contributed by atoms with van der Waals surface area (Å²) in [4.78, 5) is 0. The summed E-state index contributed by atoms with van der Waals surface area (Å²) in [5.41, 5.74) is 1.03. The minimum Gasteiger partial charge on any atom is -0.381 e. The molecule has 1 aliphatic heterocycles. The Labute approximate surface area is 109 Å². The Morgan fingerprint density at radius 1 is 1.50 bits per heavy atom. The molecule has 5 heteroatoms. The summed E-state index contributed by atoms with van der Waals surface area (Å²) in [6.07, 6.45) is 5.50. The summed E-state index contributed by atoms with van der Waals surface area (Å²) in [5.74, 6) is 0.603. The second kappa shape index (κ2) is 6.85. The first-order chi connectivity index (χ1) is 8.81. The Morgan fingerprint density at radius 2 is 2.33 bits per heavy atom. The van der Waals surface area contributed by atoms with E-state index in [1.165, 1.54) is 0 Å². The number of aromatic nitrogens is 3. The number of ether oxygens (including phenoxy) is 1. The van der Waals surface area contributed by atoms with Crippen LogP contribution in [0.25, 0.3) is 0 Å². The quantitative estimate of drug-likeness (QED) is 0.800. The molecular weight excluding hydrogens is 228 g/mol.